The second-order valence-electron chi connectivity index (χ2n) is 4.06. The monoisotopic (exact) mass is 252 g/mol. The van der Waals surface area contributed by atoms with E-state index >= 15 is 0 Å². The van der Waals surface area contributed by atoms with E-state index in [1.54, 1.807) is 13.2 Å². The zero-order valence-corrected chi connectivity index (χ0v) is 10.2. The second kappa shape index (κ2) is 5.63. The zero-order valence-electron chi connectivity index (χ0n) is 10.2. The van der Waals surface area contributed by atoms with Crippen LogP contribution in [0.5, 0.6) is 0 Å². The van der Waals surface area contributed by atoms with Crippen LogP contribution in [0.3, 0.4) is 0 Å². The molecule has 0 aromatic carbocycles. The maximum atomic E-state index is 10.6. The molecular weight excluding hydrogens is 236 g/mol. The molecule has 0 saturated carbocycles. The zero-order chi connectivity index (χ0) is 13.0. The summed E-state index contributed by atoms with van der Waals surface area (Å²) in [7, 11) is 1.66. The lowest BCUT2D eigenvalue weighted by atomic mass is 10.4. The predicted octanol–water partition coefficient (Wildman–Crippen LogP) is -0.166. The third-order valence-corrected chi connectivity index (χ3v) is 2.68. The Labute approximate surface area is 105 Å². The van der Waals surface area contributed by atoms with Gasteiger partial charge in [-0.3, -0.25) is 4.79 Å². The molecule has 1 N–H and O–H groups in total. The fourth-order valence-electron chi connectivity index (χ4n) is 1.77. The Morgan fingerprint density at radius 2 is 2.28 bits per heavy atom. The molecule has 18 heavy (non-hydrogen) atoms. The molecular formula is C11H16N4O3. The van der Waals surface area contributed by atoms with E-state index in [9.17, 15) is 4.79 Å². The van der Waals surface area contributed by atoms with E-state index in [1.165, 1.54) is 4.90 Å². The van der Waals surface area contributed by atoms with Crippen molar-refractivity contribution in [2.24, 2.45) is 0 Å². The average Bonchev–Trinajstić information content (AvgIpc) is 2.39. The van der Waals surface area contributed by atoms with Crippen molar-refractivity contribution in [3.05, 3.63) is 12.3 Å². The number of carboxylic acid groups (broad SMARTS) is 1. The molecule has 1 aliphatic heterocycles. The predicted molar refractivity (Wildman–Crippen MR) is 66.0 cm³/mol. The first-order valence-electron chi connectivity index (χ1n) is 5.75. The van der Waals surface area contributed by atoms with E-state index in [2.05, 4.69) is 14.9 Å². The van der Waals surface area contributed by atoms with Crippen LogP contribution in [0.4, 0.5) is 11.8 Å². The van der Waals surface area contributed by atoms with Crippen LogP contribution in [0.2, 0.25) is 0 Å². The van der Waals surface area contributed by atoms with Crippen LogP contribution in [0.25, 0.3) is 0 Å². The van der Waals surface area contributed by atoms with Crippen LogP contribution in [0.15, 0.2) is 12.3 Å². The summed E-state index contributed by atoms with van der Waals surface area (Å²) in [5.41, 5.74) is 0. The van der Waals surface area contributed by atoms with Crippen molar-refractivity contribution < 1.29 is 14.6 Å². The molecule has 1 aromatic rings. The molecule has 1 aliphatic rings. The molecule has 98 valence electrons. The largest absolute Gasteiger partial charge is 0.480 e. The summed E-state index contributed by atoms with van der Waals surface area (Å²) in [6.45, 7) is 2.83. The number of anilines is 2. The lowest BCUT2D eigenvalue weighted by Gasteiger charge is -2.28. The normalized spacial score (nSPS) is 15.5. The van der Waals surface area contributed by atoms with Crippen molar-refractivity contribution in [1.29, 1.82) is 0 Å². The first kappa shape index (κ1) is 12.6. The van der Waals surface area contributed by atoms with Crippen LogP contribution >= 0.6 is 0 Å². The number of ether oxygens (including phenoxy) is 1. The van der Waals surface area contributed by atoms with Crippen molar-refractivity contribution >= 4 is 17.7 Å². The first-order chi connectivity index (χ1) is 8.66. The molecule has 0 bridgehead atoms. The summed E-state index contributed by atoms with van der Waals surface area (Å²) in [5, 5.41) is 8.74. The molecule has 0 unspecified atom stereocenters. The summed E-state index contributed by atoms with van der Waals surface area (Å²) in [6.07, 6.45) is 1.64. The minimum absolute atomic E-state index is 0.118. The van der Waals surface area contributed by atoms with Crippen molar-refractivity contribution in [2.45, 2.75) is 0 Å². The van der Waals surface area contributed by atoms with Gasteiger partial charge < -0.3 is 19.6 Å². The van der Waals surface area contributed by atoms with Crippen molar-refractivity contribution in [1.82, 2.24) is 9.97 Å². The summed E-state index contributed by atoms with van der Waals surface area (Å²) in [6, 6.07) is 1.82. The summed E-state index contributed by atoms with van der Waals surface area (Å²) >= 11 is 0. The number of rotatable bonds is 4. The number of carboxylic acids is 1. The third-order valence-electron chi connectivity index (χ3n) is 2.68. The molecule has 1 saturated heterocycles. The van der Waals surface area contributed by atoms with E-state index in [0.717, 1.165) is 18.9 Å². The number of likely N-dealkylation sites (N-methyl/N-ethyl adjacent to an activating group) is 1. The Kier molecular flexibility index (Phi) is 3.93. The highest BCUT2D eigenvalue weighted by atomic mass is 16.5. The number of morpholine rings is 1. The SMILES string of the molecule is CN(CC(=O)O)c1nccc(N2CCOCC2)n1. The molecule has 7 nitrogen and oxygen atoms in total. The van der Waals surface area contributed by atoms with Crippen molar-refractivity contribution in [3.63, 3.8) is 0 Å². The molecule has 0 amide bonds. The van der Waals surface area contributed by atoms with Crippen molar-refractivity contribution in [2.75, 3.05) is 49.7 Å². The Balaban J connectivity index is 2.11. The van der Waals surface area contributed by atoms with Crippen LogP contribution in [-0.2, 0) is 9.53 Å². The van der Waals surface area contributed by atoms with Gasteiger partial charge in [0.05, 0.1) is 13.2 Å². The van der Waals surface area contributed by atoms with Gasteiger partial charge in [0.25, 0.3) is 0 Å². The number of nitrogens with zero attached hydrogens (tertiary/aromatic N) is 4. The number of hydrogen-bond donors (Lipinski definition) is 1. The van der Waals surface area contributed by atoms with E-state index in [-0.39, 0.29) is 6.54 Å². The van der Waals surface area contributed by atoms with Gasteiger partial charge in [0.2, 0.25) is 5.95 Å². The van der Waals surface area contributed by atoms with E-state index < -0.39 is 5.97 Å². The van der Waals surface area contributed by atoms with Crippen LogP contribution in [0, 0.1) is 0 Å². The van der Waals surface area contributed by atoms with Crippen LogP contribution < -0.4 is 9.80 Å². The second-order valence-corrected chi connectivity index (χ2v) is 4.06. The Hall–Kier alpha value is -1.89. The van der Waals surface area contributed by atoms with E-state index in [4.69, 9.17) is 9.84 Å². The highest BCUT2D eigenvalue weighted by Crippen LogP contribution is 2.15. The molecule has 0 radical (unpaired) electrons. The fraction of sp³-hybridized carbons (Fsp3) is 0.545. The van der Waals surface area contributed by atoms with Gasteiger partial charge in [0, 0.05) is 26.3 Å². The Morgan fingerprint density at radius 3 is 2.94 bits per heavy atom. The molecule has 1 fully saturated rings. The summed E-state index contributed by atoms with van der Waals surface area (Å²) in [4.78, 5) is 22.7. The Morgan fingerprint density at radius 1 is 1.56 bits per heavy atom. The van der Waals surface area contributed by atoms with Gasteiger partial charge >= 0.3 is 5.97 Å². The molecule has 2 rings (SSSR count). The smallest absolute Gasteiger partial charge is 0.323 e. The number of aromatic nitrogens is 2. The lowest BCUT2D eigenvalue weighted by Crippen LogP contribution is -2.37. The molecule has 1 aromatic heterocycles. The third kappa shape index (κ3) is 3.07. The number of aliphatic carboxylic acids is 1. The summed E-state index contributed by atoms with van der Waals surface area (Å²) < 4.78 is 5.28. The van der Waals surface area contributed by atoms with Crippen LogP contribution in [-0.4, -0.2) is 60.9 Å². The van der Waals surface area contributed by atoms with Gasteiger partial charge in [-0.15, -0.1) is 0 Å². The number of hydrogen-bond acceptors (Lipinski definition) is 6. The minimum atomic E-state index is -0.905. The molecule has 0 atom stereocenters. The quantitative estimate of drug-likeness (QED) is 0.797. The topological polar surface area (TPSA) is 78.8 Å². The van der Waals surface area contributed by atoms with Gasteiger partial charge in [-0.05, 0) is 6.07 Å². The molecule has 0 aliphatic carbocycles. The lowest BCUT2D eigenvalue weighted by molar-refractivity contribution is -0.135. The van der Waals surface area contributed by atoms with Gasteiger partial charge in [-0.25, -0.2) is 4.98 Å². The number of carbonyl (C=O) groups is 1. The minimum Gasteiger partial charge on any atom is -0.480 e. The summed E-state index contributed by atoms with van der Waals surface area (Å²) in [5.74, 6) is 0.319. The maximum Gasteiger partial charge on any atom is 0.323 e. The van der Waals surface area contributed by atoms with Gasteiger partial charge in [0.15, 0.2) is 0 Å². The van der Waals surface area contributed by atoms with Crippen LogP contribution in [0.1, 0.15) is 0 Å². The molecule has 7 heteroatoms. The fourth-order valence-corrected chi connectivity index (χ4v) is 1.77. The van der Waals surface area contributed by atoms with Gasteiger partial charge in [-0.2, -0.15) is 4.98 Å². The molecule has 0 spiro atoms. The van der Waals surface area contributed by atoms with Gasteiger partial charge in [-0.1, -0.05) is 0 Å². The van der Waals surface area contributed by atoms with Crippen molar-refractivity contribution in [3.8, 4) is 0 Å². The maximum absolute atomic E-state index is 10.6. The Bertz CT molecular complexity index is 421. The van der Waals surface area contributed by atoms with E-state index in [0.29, 0.717) is 19.2 Å². The molecule has 2 heterocycles. The average molecular weight is 252 g/mol. The van der Waals surface area contributed by atoms with E-state index in [1.807, 2.05) is 6.07 Å². The highest BCUT2D eigenvalue weighted by Gasteiger charge is 2.15. The first-order valence-corrected chi connectivity index (χ1v) is 5.75. The standard InChI is InChI=1S/C11H16N4O3/c1-14(8-10(16)17)11-12-3-2-9(13-11)15-4-6-18-7-5-15/h2-3H,4-8H2,1H3,(H,16,17). The van der Waals surface area contributed by atoms with Gasteiger partial charge in [0.1, 0.15) is 12.4 Å². The highest BCUT2D eigenvalue weighted by molar-refractivity contribution is 5.72.